The fourth-order valence-corrected chi connectivity index (χ4v) is 2.83. The third-order valence-corrected chi connectivity index (χ3v) is 4.01. The van der Waals surface area contributed by atoms with Crippen LogP contribution >= 0.6 is 0 Å². The number of benzene rings is 2. The second kappa shape index (κ2) is 6.13. The van der Waals surface area contributed by atoms with Gasteiger partial charge in [0.25, 0.3) is 0 Å². The van der Waals surface area contributed by atoms with E-state index in [9.17, 15) is 0 Å². The van der Waals surface area contributed by atoms with Gasteiger partial charge >= 0.3 is 0 Å². The van der Waals surface area contributed by atoms with Crippen LogP contribution in [-0.2, 0) is 0 Å². The molecule has 0 saturated carbocycles. The molecule has 4 rings (SSSR count). The Morgan fingerprint density at radius 2 is 1.62 bits per heavy atom. The van der Waals surface area contributed by atoms with Crippen molar-refractivity contribution in [1.29, 1.82) is 0 Å². The minimum absolute atomic E-state index is 0.821. The van der Waals surface area contributed by atoms with Gasteiger partial charge in [0, 0.05) is 17.3 Å². The maximum absolute atomic E-state index is 5.34. The molecular weight excluding hydrogens is 296 g/mol. The van der Waals surface area contributed by atoms with Crippen molar-refractivity contribution in [2.45, 2.75) is 0 Å². The Kier molecular flexibility index (Phi) is 3.67. The minimum Gasteiger partial charge on any atom is -0.497 e. The van der Waals surface area contributed by atoms with E-state index in [1.165, 1.54) is 0 Å². The summed E-state index contributed by atoms with van der Waals surface area (Å²) in [4.78, 5) is 9.33. The van der Waals surface area contributed by atoms with Crippen molar-refractivity contribution in [3.05, 3.63) is 79.0 Å². The molecular formula is C21H16N2O. The van der Waals surface area contributed by atoms with Crippen LogP contribution < -0.4 is 4.74 Å². The van der Waals surface area contributed by atoms with Crippen molar-refractivity contribution >= 4 is 11.0 Å². The van der Waals surface area contributed by atoms with E-state index in [0.717, 1.165) is 39.2 Å². The first-order valence-corrected chi connectivity index (χ1v) is 7.81. The number of hydrogen-bond acceptors (Lipinski definition) is 3. The van der Waals surface area contributed by atoms with Gasteiger partial charge in [0.15, 0.2) is 0 Å². The van der Waals surface area contributed by atoms with Crippen molar-refractivity contribution < 1.29 is 4.74 Å². The maximum Gasteiger partial charge on any atom is 0.119 e. The lowest BCUT2D eigenvalue weighted by Crippen LogP contribution is -1.92. The molecule has 0 aliphatic heterocycles. The molecule has 0 fully saturated rings. The SMILES string of the molecule is COc1cccc(-c2cc(-c3ccccc3)c3ncccc3n2)c1. The number of nitrogens with zero attached hydrogens (tertiary/aromatic N) is 2. The lowest BCUT2D eigenvalue weighted by molar-refractivity contribution is 0.415. The Bertz CT molecular complexity index is 997. The van der Waals surface area contributed by atoms with Crippen LogP contribution in [0.4, 0.5) is 0 Å². The summed E-state index contributed by atoms with van der Waals surface area (Å²) < 4.78 is 5.34. The van der Waals surface area contributed by atoms with Gasteiger partial charge in [-0.15, -0.1) is 0 Å². The van der Waals surface area contributed by atoms with E-state index in [1.807, 2.05) is 60.8 Å². The molecule has 116 valence electrons. The van der Waals surface area contributed by atoms with E-state index in [1.54, 1.807) is 7.11 Å². The number of aromatic nitrogens is 2. The maximum atomic E-state index is 5.34. The molecule has 0 atom stereocenters. The smallest absolute Gasteiger partial charge is 0.119 e. The Hall–Kier alpha value is -3.20. The molecule has 2 aromatic heterocycles. The highest BCUT2D eigenvalue weighted by Crippen LogP contribution is 2.31. The van der Waals surface area contributed by atoms with E-state index in [0.29, 0.717) is 0 Å². The molecule has 0 saturated heterocycles. The van der Waals surface area contributed by atoms with Crippen LogP contribution in [0, 0.1) is 0 Å². The van der Waals surface area contributed by atoms with Gasteiger partial charge in [-0.2, -0.15) is 0 Å². The summed E-state index contributed by atoms with van der Waals surface area (Å²) in [6.07, 6.45) is 1.81. The Morgan fingerprint density at radius 1 is 0.792 bits per heavy atom. The first-order chi connectivity index (χ1) is 11.8. The third kappa shape index (κ3) is 2.61. The van der Waals surface area contributed by atoms with E-state index < -0.39 is 0 Å². The van der Waals surface area contributed by atoms with Crippen molar-refractivity contribution in [3.8, 4) is 28.1 Å². The largest absolute Gasteiger partial charge is 0.497 e. The number of pyridine rings is 2. The summed E-state index contributed by atoms with van der Waals surface area (Å²) >= 11 is 0. The van der Waals surface area contributed by atoms with Crippen LogP contribution in [0.2, 0.25) is 0 Å². The first kappa shape index (κ1) is 14.4. The van der Waals surface area contributed by atoms with Crippen LogP contribution in [0.5, 0.6) is 5.75 Å². The van der Waals surface area contributed by atoms with Gasteiger partial charge < -0.3 is 4.74 Å². The molecule has 2 heterocycles. The lowest BCUT2D eigenvalue weighted by atomic mass is 10.0. The molecule has 3 nitrogen and oxygen atoms in total. The highest BCUT2D eigenvalue weighted by molar-refractivity contribution is 5.93. The zero-order valence-electron chi connectivity index (χ0n) is 13.3. The van der Waals surface area contributed by atoms with Gasteiger partial charge in [0.05, 0.1) is 23.8 Å². The van der Waals surface area contributed by atoms with E-state index >= 15 is 0 Å². The average molecular weight is 312 g/mol. The highest BCUT2D eigenvalue weighted by atomic mass is 16.5. The standard InChI is InChI=1S/C21H16N2O/c1-24-17-10-5-9-16(13-17)20-14-18(15-7-3-2-4-8-15)21-19(23-20)11-6-12-22-21/h2-14H,1H3. The second-order valence-electron chi connectivity index (χ2n) is 5.52. The Morgan fingerprint density at radius 3 is 2.46 bits per heavy atom. The van der Waals surface area contributed by atoms with Gasteiger partial charge in [0.1, 0.15) is 5.75 Å². The van der Waals surface area contributed by atoms with Crippen LogP contribution in [0.3, 0.4) is 0 Å². The number of fused-ring (bicyclic) bond motifs is 1. The molecule has 0 bridgehead atoms. The van der Waals surface area contributed by atoms with Crippen LogP contribution in [0.1, 0.15) is 0 Å². The van der Waals surface area contributed by atoms with Crippen LogP contribution in [-0.4, -0.2) is 17.1 Å². The van der Waals surface area contributed by atoms with Gasteiger partial charge in [-0.1, -0.05) is 42.5 Å². The fraction of sp³-hybridized carbons (Fsp3) is 0.0476. The first-order valence-electron chi connectivity index (χ1n) is 7.81. The molecule has 4 aromatic rings. The van der Waals surface area contributed by atoms with Crippen LogP contribution in [0.25, 0.3) is 33.4 Å². The molecule has 0 unspecified atom stereocenters. The molecule has 0 aliphatic rings. The number of rotatable bonds is 3. The summed E-state index contributed by atoms with van der Waals surface area (Å²) in [6.45, 7) is 0. The lowest BCUT2D eigenvalue weighted by Gasteiger charge is -2.10. The molecule has 0 radical (unpaired) electrons. The van der Waals surface area contributed by atoms with Gasteiger partial charge in [0.2, 0.25) is 0 Å². The molecule has 0 N–H and O–H groups in total. The van der Waals surface area contributed by atoms with Gasteiger partial charge in [-0.25, -0.2) is 4.98 Å². The summed E-state index contributed by atoms with van der Waals surface area (Å²) in [7, 11) is 1.67. The third-order valence-electron chi connectivity index (χ3n) is 4.01. The van der Waals surface area contributed by atoms with E-state index in [-0.39, 0.29) is 0 Å². The Labute approximate surface area is 140 Å². The minimum atomic E-state index is 0.821. The molecule has 0 spiro atoms. The second-order valence-corrected chi connectivity index (χ2v) is 5.52. The monoisotopic (exact) mass is 312 g/mol. The van der Waals surface area contributed by atoms with Crippen molar-refractivity contribution in [3.63, 3.8) is 0 Å². The van der Waals surface area contributed by atoms with Crippen molar-refractivity contribution in [1.82, 2.24) is 9.97 Å². The van der Waals surface area contributed by atoms with E-state index in [2.05, 4.69) is 23.2 Å². The topological polar surface area (TPSA) is 35.0 Å². The normalized spacial score (nSPS) is 10.7. The summed E-state index contributed by atoms with van der Waals surface area (Å²) in [6, 6.07) is 24.3. The predicted octanol–water partition coefficient (Wildman–Crippen LogP) is 4.97. The van der Waals surface area contributed by atoms with E-state index in [4.69, 9.17) is 9.72 Å². The number of ether oxygens (including phenoxy) is 1. The summed E-state index contributed by atoms with van der Waals surface area (Å²) in [5.41, 5.74) is 5.95. The number of methoxy groups -OCH3 is 1. The van der Waals surface area contributed by atoms with Gasteiger partial charge in [-0.3, -0.25) is 4.98 Å². The summed E-state index contributed by atoms with van der Waals surface area (Å²) in [5.74, 6) is 0.821. The molecule has 0 aliphatic carbocycles. The summed E-state index contributed by atoms with van der Waals surface area (Å²) in [5, 5.41) is 0. The quantitative estimate of drug-likeness (QED) is 0.535. The highest BCUT2D eigenvalue weighted by Gasteiger charge is 2.10. The Balaban J connectivity index is 1.98. The van der Waals surface area contributed by atoms with Crippen molar-refractivity contribution in [2.75, 3.05) is 7.11 Å². The zero-order valence-corrected chi connectivity index (χ0v) is 13.3. The zero-order chi connectivity index (χ0) is 16.4. The average Bonchev–Trinajstić information content (AvgIpc) is 2.68. The predicted molar refractivity (Wildman–Crippen MR) is 97.0 cm³/mol. The number of hydrogen-bond donors (Lipinski definition) is 0. The molecule has 0 amide bonds. The van der Waals surface area contributed by atoms with Crippen molar-refractivity contribution in [2.24, 2.45) is 0 Å². The van der Waals surface area contributed by atoms with Crippen LogP contribution in [0.15, 0.2) is 79.0 Å². The molecule has 2 aromatic carbocycles. The fourth-order valence-electron chi connectivity index (χ4n) is 2.83. The molecule has 3 heteroatoms. The van der Waals surface area contributed by atoms with Gasteiger partial charge in [-0.05, 0) is 35.9 Å². The molecule has 24 heavy (non-hydrogen) atoms.